The predicted octanol–water partition coefficient (Wildman–Crippen LogP) is 3.17. The van der Waals surface area contributed by atoms with Crippen molar-refractivity contribution in [2.24, 2.45) is 0 Å². The largest absolute Gasteiger partial charge is 0.478 e. The molecule has 5 nitrogen and oxygen atoms in total. The topological polar surface area (TPSA) is 68.0 Å². The Labute approximate surface area is 125 Å². The molecule has 0 spiro atoms. The predicted molar refractivity (Wildman–Crippen MR) is 80.5 cm³/mol. The molecule has 0 fully saturated rings. The van der Waals surface area contributed by atoms with E-state index in [2.05, 4.69) is 10.3 Å². The van der Waals surface area contributed by atoms with Crippen LogP contribution in [0.4, 0.5) is 0 Å². The Morgan fingerprint density at radius 3 is 2.81 bits per heavy atom. The first-order valence-corrected chi connectivity index (χ1v) is 6.55. The molecule has 0 aliphatic carbocycles. The summed E-state index contributed by atoms with van der Waals surface area (Å²) in [6.07, 6.45) is 2.55. The molecule has 0 radical (unpaired) electrons. The van der Waals surface area contributed by atoms with Gasteiger partial charge in [0.05, 0.1) is 16.2 Å². The summed E-state index contributed by atoms with van der Waals surface area (Å²) in [6, 6.07) is 12.7. The molecule has 0 aliphatic rings. The van der Waals surface area contributed by atoms with Crippen molar-refractivity contribution in [2.45, 2.75) is 0 Å². The van der Waals surface area contributed by atoms with Crippen molar-refractivity contribution in [3.05, 3.63) is 59.1 Å². The fourth-order valence-electron chi connectivity index (χ4n) is 2.09. The molecule has 2 aromatic carbocycles. The van der Waals surface area contributed by atoms with Gasteiger partial charge in [0.15, 0.2) is 0 Å². The number of halogens is 1. The first kappa shape index (κ1) is 13.3. The molecule has 0 aliphatic heterocycles. The highest BCUT2D eigenvalue weighted by Crippen LogP contribution is 2.27. The van der Waals surface area contributed by atoms with Crippen LogP contribution in [-0.4, -0.2) is 26.1 Å². The SMILES string of the molecule is O=C(O)/C=C/c1cccc(Cl)c1-n1nnc2ccccc21. The summed E-state index contributed by atoms with van der Waals surface area (Å²) < 4.78 is 1.61. The number of aromatic nitrogens is 3. The van der Waals surface area contributed by atoms with Crippen molar-refractivity contribution in [2.75, 3.05) is 0 Å². The van der Waals surface area contributed by atoms with E-state index in [1.54, 1.807) is 22.9 Å². The van der Waals surface area contributed by atoms with Crippen molar-refractivity contribution < 1.29 is 9.90 Å². The minimum atomic E-state index is -1.02. The molecule has 0 saturated heterocycles. The summed E-state index contributed by atoms with van der Waals surface area (Å²) in [5.41, 5.74) is 2.80. The summed E-state index contributed by atoms with van der Waals surface area (Å²) in [7, 11) is 0. The standard InChI is InChI=1S/C15H10ClN3O2/c16-11-5-3-4-10(8-9-14(20)21)15(11)19-13-7-2-1-6-12(13)17-18-19/h1-9H,(H,20,21)/b9-8+. The lowest BCUT2D eigenvalue weighted by atomic mass is 10.1. The zero-order valence-electron chi connectivity index (χ0n) is 10.8. The third-order valence-electron chi connectivity index (χ3n) is 2.99. The lowest BCUT2D eigenvalue weighted by molar-refractivity contribution is -0.131. The Morgan fingerprint density at radius 2 is 2.00 bits per heavy atom. The highest BCUT2D eigenvalue weighted by atomic mass is 35.5. The summed E-state index contributed by atoms with van der Waals surface area (Å²) >= 11 is 6.27. The summed E-state index contributed by atoms with van der Waals surface area (Å²) in [5.74, 6) is -1.02. The van der Waals surface area contributed by atoms with Gasteiger partial charge in [-0.1, -0.05) is 41.1 Å². The number of benzene rings is 2. The van der Waals surface area contributed by atoms with Crippen LogP contribution < -0.4 is 0 Å². The molecule has 1 heterocycles. The van der Waals surface area contributed by atoms with Gasteiger partial charge in [-0.05, 0) is 24.3 Å². The van der Waals surface area contributed by atoms with E-state index >= 15 is 0 Å². The number of hydrogen-bond donors (Lipinski definition) is 1. The molecule has 21 heavy (non-hydrogen) atoms. The molecule has 1 aromatic heterocycles. The number of aliphatic carboxylic acids is 1. The van der Waals surface area contributed by atoms with Crippen molar-refractivity contribution >= 4 is 34.7 Å². The van der Waals surface area contributed by atoms with E-state index in [0.29, 0.717) is 16.3 Å². The van der Waals surface area contributed by atoms with E-state index in [4.69, 9.17) is 16.7 Å². The van der Waals surface area contributed by atoms with E-state index in [9.17, 15) is 4.79 Å². The average Bonchev–Trinajstić information content (AvgIpc) is 2.89. The van der Waals surface area contributed by atoms with E-state index in [1.165, 1.54) is 6.08 Å². The third kappa shape index (κ3) is 2.51. The van der Waals surface area contributed by atoms with Gasteiger partial charge in [-0.25, -0.2) is 9.48 Å². The van der Waals surface area contributed by atoms with Gasteiger partial charge in [0, 0.05) is 11.6 Å². The van der Waals surface area contributed by atoms with Gasteiger partial charge in [0.2, 0.25) is 0 Å². The van der Waals surface area contributed by atoms with Gasteiger partial charge in [-0.3, -0.25) is 0 Å². The van der Waals surface area contributed by atoms with Crippen LogP contribution in [0.5, 0.6) is 0 Å². The lowest BCUT2D eigenvalue weighted by Crippen LogP contribution is -2.00. The summed E-state index contributed by atoms with van der Waals surface area (Å²) in [5, 5.41) is 17.5. The van der Waals surface area contributed by atoms with Gasteiger partial charge < -0.3 is 5.11 Å². The van der Waals surface area contributed by atoms with Crippen LogP contribution in [0.3, 0.4) is 0 Å². The second-order valence-electron chi connectivity index (χ2n) is 4.34. The maximum atomic E-state index is 10.7. The molecule has 104 valence electrons. The van der Waals surface area contributed by atoms with E-state index in [-0.39, 0.29) is 0 Å². The Bertz CT molecular complexity index is 855. The van der Waals surface area contributed by atoms with Crippen LogP contribution in [0.1, 0.15) is 5.56 Å². The number of carboxylic acid groups (broad SMARTS) is 1. The number of carboxylic acids is 1. The van der Waals surface area contributed by atoms with Gasteiger partial charge >= 0.3 is 5.97 Å². The highest BCUT2D eigenvalue weighted by Gasteiger charge is 2.12. The van der Waals surface area contributed by atoms with Crippen LogP contribution in [0.25, 0.3) is 22.8 Å². The minimum absolute atomic E-state index is 0.471. The molecule has 0 atom stereocenters. The van der Waals surface area contributed by atoms with Crippen LogP contribution in [0.15, 0.2) is 48.5 Å². The van der Waals surface area contributed by atoms with Gasteiger partial charge in [-0.15, -0.1) is 5.10 Å². The Balaban J connectivity index is 2.24. The number of nitrogens with zero attached hydrogens (tertiary/aromatic N) is 3. The summed E-state index contributed by atoms with van der Waals surface area (Å²) in [4.78, 5) is 10.7. The molecule has 0 bridgehead atoms. The fourth-order valence-corrected chi connectivity index (χ4v) is 2.35. The van der Waals surface area contributed by atoms with E-state index in [0.717, 1.165) is 17.1 Å². The van der Waals surface area contributed by atoms with Crippen molar-refractivity contribution in [1.29, 1.82) is 0 Å². The molecule has 0 saturated carbocycles. The van der Waals surface area contributed by atoms with E-state index in [1.807, 2.05) is 24.3 Å². The molecular weight excluding hydrogens is 290 g/mol. The molecule has 3 rings (SSSR count). The Morgan fingerprint density at radius 1 is 1.19 bits per heavy atom. The van der Waals surface area contributed by atoms with Crippen molar-refractivity contribution in [3.8, 4) is 5.69 Å². The zero-order valence-corrected chi connectivity index (χ0v) is 11.5. The lowest BCUT2D eigenvalue weighted by Gasteiger charge is -2.08. The first-order chi connectivity index (χ1) is 10.2. The zero-order chi connectivity index (χ0) is 14.8. The van der Waals surface area contributed by atoms with Crippen molar-refractivity contribution in [3.63, 3.8) is 0 Å². The van der Waals surface area contributed by atoms with Crippen LogP contribution in [0.2, 0.25) is 5.02 Å². The monoisotopic (exact) mass is 299 g/mol. The Kier molecular flexibility index (Phi) is 3.41. The second-order valence-corrected chi connectivity index (χ2v) is 4.75. The molecule has 6 heteroatoms. The maximum absolute atomic E-state index is 10.7. The van der Waals surface area contributed by atoms with Crippen LogP contribution in [0, 0.1) is 0 Å². The van der Waals surface area contributed by atoms with Crippen molar-refractivity contribution in [1.82, 2.24) is 15.0 Å². The molecule has 1 N–H and O–H groups in total. The quantitative estimate of drug-likeness (QED) is 0.754. The fraction of sp³-hybridized carbons (Fsp3) is 0. The Hall–Kier alpha value is -2.66. The van der Waals surface area contributed by atoms with Crippen LogP contribution in [-0.2, 0) is 4.79 Å². The van der Waals surface area contributed by atoms with Gasteiger partial charge in [-0.2, -0.15) is 0 Å². The highest BCUT2D eigenvalue weighted by molar-refractivity contribution is 6.32. The second kappa shape index (κ2) is 5.38. The van der Waals surface area contributed by atoms with Gasteiger partial charge in [0.25, 0.3) is 0 Å². The number of para-hydroxylation sites is 2. The average molecular weight is 300 g/mol. The number of carbonyl (C=O) groups is 1. The number of hydrogen-bond acceptors (Lipinski definition) is 3. The number of rotatable bonds is 3. The first-order valence-electron chi connectivity index (χ1n) is 6.17. The molecule has 3 aromatic rings. The van der Waals surface area contributed by atoms with Gasteiger partial charge in [0.1, 0.15) is 5.52 Å². The van der Waals surface area contributed by atoms with E-state index < -0.39 is 5.97 Å². The smallest absolute Gasteiger partial charge is 0.328 e. The minimum Gasteiger partial charge on any atom is -0.478 e. The normalized spacial score (nSPS) is 11.3. The molecule has 0 amide bonds. The van der Waals surface area contributed by atoms with Crippen LogP contribution >= 0.6 is 11.6 Å². The third-order valence-corrected chi connectivity index (χ3v) is 3.29. The number of fused-ring (bicyclic) bond motifs is 1. The maximum Gasteiger partial charge on any atom is 0.328 e. The summed E-state index contributed by atoms with van der Waals surface area (Å²) in [6.45, 7) is 0. The molecular formula is C15H10ClN3O2. The molecule has 0 unspecified atom stereocenters.